The highest BCUT2D eigenvalue weighted by atomic mass is 35.5. The van der Waals surface area contributed by atoms with Crippen LogP contribution in [0.25, 0.3) is 0 Å². The van der Waals surface area contributed by atoms with Crippen LogP contribution in [0.4, 0.5) is 5.69 Å². The Labute approximate surface area is 159 Å². The molecule has 0 N–H and O–H groups in total. The van der Waals surface area contributed by atoms with Gasteiger partial charge in [-0.05, 0) is 49.7 Å². The van der Waals surface area contributed by atoms with E-state index >= 15 is 0 Å². The van der Waals surface area contributed by atoms with Gasteiger partial charge in [0.2, 0.25) is 10.0 Å². The molecule has 3 rings (SSSR count). The third-order valence-corrected chi connectivity index (χ3v) is 6.75. The van der Waals surface area contributed by atoms with Crippen molar-refractivity contribution in [3.8, 4) is 0 Å². The highest BCUT2D eigenvalue weighted by molar-refractivity contribution is 7.89. The third-order valence-electron chi connectivity index (χ3n) is 4.62. The summed E-state index contributed by atoms with van der Waals surface area (Å²) >= 11 is 6.01. The molecule has 2 aromatic carbocycles. The Bertz CT molecular complexity index is 936. The molecule has 0 amide bonds. The summed E-state index contributed by atoms with van der Waals surface area (Å²) in [4.78, 5) is 13.9. The standard InChI is InChI=1S/C19H21ClN2O3S/c1-14-12-17(20)6-7-19(14)21-8-10-22(11-9-21)26(24,25)18-5-3-4-16(13-18)15(2)23/h3-7,12-13H,8-11H2,1-2H3. The van der Waals surface area contributed by atoms with Crippen molar-refractivity contribution >= 4 is 33.1 Å². The number of nitrogens with zero attached hydrogens (tertiary/aromatic N) is 2. The fraction of sp³-hybridized carbons (Fsp3) is 0.316. The molecule has 0 unspecified atom stereocenters. The van der Waals surface area contributed by atoms with E-state index in [1.165, 1.54) is 23.4 Å². The largest absolute Gasteiger partial charge is 0.369 e. The van der Waals surface area contributed by atoms with Crippen molar-refractivity contribution in [2.24, 2.45) is 0 Å². The van der Waals surface area contributed by atoms with E-state index in [9.17, 15) is 13.2 Å². The molecular formula is C19H21ClN2O3S. The molecule has 26 heavy (non-hydrogen) atoms. The number of carbonyl (C=O) groups excluding carboxylic acids is 1. The number of aryl methyl sites for hydroxylation is 1. The van der Waals surface area contributed by atoms with E-state index in [0.29, 0.717) is 36.8 Å². The van der Waals surface area contributed by atoms with Crippen molar-refractivity contribution in [1.82, 2.24) is 4.31 Å². The van der Waals surface area contributed by atoms with Crippen molar-refractivity contribution in [3.63, 3.8) is 0 Å². The van der Waals surface area contributed by atoms with Crippen LogP contribution in [0.5, 0.6) is 0 Å². The molecule has 0 aliphatic carbocycles. The monoisotopic (exact) mass is 392 g/mol. The molecule has 1 fully saturated rings. The maximum atomic E-state index is 12.9. The van der Waals surface area contributed by atoms with Crippen molar-refractivity contribution in [1.29, 1.82) is 0 Å². The van der Waals surface area contributed by atoms with E-state index in [0.717, 1.165) is 11.3 Å². The second-order valence-electron chi connectivity index (χ2n) is 6.41. The van der Waals surface area contributed by atoms with Crippen LogP contribution in [0.1, 0.15) is 22.8 Å². The third kappa shape index (κ3) is 3.77. The fourth-order valence-electron chi connectivity index (χ4n) is 3.17. The summed E-state index contributed by atoms with van der Waals surface area (Å²) < 4.78 is 27.3. The second kappa shape index (κ2) is 7.39. The molecule has 5 nitrogen and oxygen atoms in total. The zero-order valence-corrected chi connectivity index (χ0v) is 16.3. The minimum absolute atomic E-state index is 0.148. The van der Waals surface area contributed by atoms with Crippen LogP contribution < -0.4 is 4.90 Å². The maximum absolute atomic E-state index is 12.9. The summed E-state index contributed by atoms with van der Waals surface area (Å²) in [5, 5.41) is 0.692. The van der Waals surface area contributed by atoms with E-state index in [1.54, 1.807) is 12.1 Å². The molecule has 0 bridgehead atoms. The first-order chi connectivity index (χ1) is 12.3. The van der Waals surface area contributed by atoms with Gasteiger partial charge in [-0.15, -0.1) is 0 Å². The fourth-order valence-corrected chi connectivity index (χ4v) is 4.86. The van der Waals surface area contributed by atoms with Gasteiger partial charge in [-0.25, -0.2) is 8.42 Å². The molecule has 0 atom stereocenters. The second-order valence-corrected chi connectivity index (χ2v) is 8.78. The van der Waals surface area contributed by atoms with Crippen LogP contribution in [0.3, 0.4) is 0 Å². The van der Waals surface area contributed by atoms with E-state index in [-0.39, 0.29) is 10.7 Å². The number of ketones is 1. The number of anilines is 1. The molecule has 7 heteroatoms. The van der Waals surface area contributed by atoms with Gasteiger partial charge in [0.25, 0.3) is 0 Å². The van der Waals surface area contributed by atoms with E-state index in [1.807, 2.05) is 25.1 Å². The van der Waals surface area contributed by atoms with Crippen LogP contribution in [0.2, 0.25) is 5.02 Å². The Morgan fingerprint density at radius 2 is 1.73 bits per heavy atom. The Kier molecular flexibility index (Phi) is 5.37. The van der Waals surface area contributed by atoms with Gasteiger partial charge in [-0.1, -0.05) is 23.7 Å². The lowest BCUT2D eigenvalue weighted by molar-refractivity contribution is 0.101. The SMILES string of the molecule is CC(=O)c1cccc(S(=O)(=O)N2CCN(c3ccc(Cl)cc3C)CC2)c1. The van der Waals surface area contributed by atoms with Gasteiger partial charge >= 0.3 is 0 Å². The molecule has 2 aromatic rings. The van der Waals surface area contributed by atoms with E-state index in [4.69, 9.17) is 11.6 Å². The Hall–Kier alpha value is -1.89. The van der Waals surface area contributed by atoms with Crippen LogP contribution >= 0.6 is 11.6 Å². The lowest BCUT2D eigenvalue weighted by atomic mass is 10.1. The molecule has 1 aliphatic rings. The number of hydrogen-bond donors (Lipinski definition) is 0. The Balaban J connectivity index is 1.76. The van der Waals surface area contributed by atoms with Crippen molar-refractivity contribution < 1.29 is 13.2 Å². The zero-order chi connectivity index (χ0) is 18.9. The predicted molar refractivity (Wildman–Crippen MR) is 104 cm³/mol. The minimum atomic E-state index is -3.61. The quantitative estimate of drug-likeness (QED) is 0.748. The zero-order valence-electron chi connectivity index (χ0n) is 14.8. The summed E-state index contributed by atoms with van der Waals surface area (Å²) in [6.45, 7) is 5.43. The average molecular weight is 393 g/mol. The highest BCUT2D eigenvalue weighted by Crippen LogP contribution is 2.26. The van der Waals surface area contributed by atoms with Crippen molar-refractivity contribution in [3.05, 3.63) is 58.6 Å². The minimum Gasteiger partial charge on any atom is -0.369 e. The number of hydrogen-bond acceptors (Lipinski definition) is 4. The molecule has 0 spiro atoms. The van der Waals surface area contributed by atoms with Crippen LogP contribution in [0, 0.1) is 6.92 Å². The molecular weight excluding hydrogens is 372 g/mol. The number of piperazine rings is 1. The first kappa shape index (κ1) is 18.9. The Morgan fingerprint density at radius 3 is 2.35 bits per heavy atom. The van der Waals surface area contributed by atoms with Crippen LogP contribution in [-0.4, -0.2) is 44.7 Å². The number of rotatable bonds is 4. The number of sulfonamides is 1. The molecule has 1 heterocycles. The highest BCUT2D eigenvalue weighted by Gasteiger charge is 2.29. The Morgan fingerprint density at radius 1 is 1.04 bits per heavy atom. The summed E-state index contributed by atoms with van der Waals surface area (Å²) in [5.74, 6) is -0.148. The molecule has 0 saturated carbocycles. The number of benzene rings is 2. The lowest BCUT2D eigenvalue weighted by Gasteiger charge is -2.36. The van der Waals surface area contributed by atoms with Gasteiger partial charge in [-0.2, -0.15) is 4.31 Å². The molecule has 0 radical (unpaired) electrons. The summed E-state index contributed by atoms with van der Waals surface area (Å²) in [7, 11) is -3.61. The number of halogens is 1. The summed E-state index contributed by atoms with van der Waals surface area (Å²) in [5.41, 5.74) is 2.55. The molecule has 1 aliphatic heterocycles. The van der Waals surface area contributed by atoms with Gasteiger partial charge in [-0.3, -0.25) is 4.79 Å². The smallest absolute Gasteiger partial charge is 0.243 e. The summed E-state index contributed by atoms with van der Waals surface area (Å²) in [6.07, 6.45) is 0. The van der Waals surface area contributed by atoms with Gasteiger partial charge < -0.3 is 4.90 Å². The van der Waals surface area contributed by atoms with Crippen LogP contribution in [0.15, 0.2) is 47.4 Å². The van der Waals surface area contributed by atoms with E-state index in [2.05, 4.69) is 4.90 Å². The average Bonchev–Trinajstić information content (AvgIpc) is 2.62. The van der Waals surface area contributed by atoms with Crippen LogP contribution in [-0.2, 0) is 10.0 Å². The summed E-state index contributed by atoms with van der Waals surface area (Å²) in [6, 6.07) is 12.0. The topological polar surface area (TPSA) is 57.7 Å². The molecule has 138 valence electrons. The first-order valence-corrected chi connectivity index (χ1v) is 10.2. The number of Topliss-reactive ketones (excluding diaryl/α,β-unsaturated/α-hetero) is 1. The van der Waals surface area contributed by atoms with Crippen molar-refractivity contribution in [2.45, 2.75) is 18.7 Å². The van der Waals surface area contributed by atoms with Gasteiger partial charge in [0.1, 0.15) is 0 Å². The van der Waals surface area contributed by atoms with Gasteiger partial charge in [0.15, 0.2) is 5.78 Å². The van der Waals surface area contributed by atoms with Gasteiger partial charge in [0, 0.05) is 42.5 Å². The van der Waals surface area contributed by atoms with Crippen molar-refractivity contribution in [2.75, 3.05) is 31.1 Å². The molecule has 0 aromatic heterocycles. The normalized spacial score (nSPS) is 15.9. The predicted octanol–water partition coefficient (Wildman–Crippen LogP) is 3.36. The van der Waals surface area contributed by atoms with Gasteiger partial charge in [0.05, 0.1) is 4.90 Å². The maximum Gasteiger partial charge on any atom is 0.243 e. The van der Waals surface area contributed by atoms with E-state index < -0.39 is 10.0 Å². The first-order valence-electron chi connectivity index (χ1n) is 8.41. The lowest BCUT2D eigenvalue weighted by Crippen LogP contribution is -2.48. The molecule has 1 saturated heterocycles. The number of carbonyl (C=O) groups is 1.